The number of aromatic nitrogens is 2. The lowest BCUT2D eigenvalue weighted by Gasteiger charge is -2.56. The molecule has 2 N–H and O–H groups in total. The van der Waals surface area contributed by atoms with Gasteiger partial charge in [0.25, 0.3) is 5.91 Å². The summed E-state index contributed by atoms with van der Waals surface area (Å²) >= 11 is 0. The lowest BCUT2D eigenvalue weighted by atomic mass is 9.68. The maximum atomic E-state index is 13.2. The molecule has 178 valence electrons. The van der Waals surface area contributed by atoms with Crippen molar-refractivity contribution in [3.63, 3.8) is 0 Å². The number of pyridine rings is 1. The summed E-state index contributed by atoms with van der Waals surface area (Å²) in [5, 5.41) is 11.6. The number of rotatable bonds is 5. The Bertz CT molecular complexity index is 1360. The van der Waals surface area contributed by atoms with Gasteiger partial charge in [-0.25, -0.2) is 0 Å². The number of benzene rings is 2. The number of methoxy groups -OCH3 is 1. The Labute approximate surface area is 204 Å². The van der Waals surface area contributed by atoms with Gasteiger partial charge in [-0.3, -0.25) is 14.7 Å². The van der Waals surface area contributed by atoms with Crippen LogP contribution in [0.3, 0.4) is 0 Å². The number of amides is 1. The zero-order valence-corrected chi connectivity index (χ0v) is 19.6. The Kier molecular flexibility index (Phi) is 5.31. The van der Waals surface area contributed by atoms with Gasteiger partial charge in [-0.2, -0.15) is 0 Å². The molecule has 2 aromatic heterocycles. The van der Waals surface area contributed by atoms with Gasteiger partial charge in [0, 0.05) is 66.7 Å². The number of likely N-dealkylation sites (tertiary alicyclic amines) is 1. The summed E-state index contributed by atoms with van der Waals surface area (Å²) in [6.45, 7) is 2.74. The highest BCUT2D eigenvalue weighted by Gasteiger charge is 2.54. The average Bonchev–Trinajstić information content (AvgIpc) is 3.26. The van der Waals surface area contributed by atoms with E-state index in [0.717, 1.165) is 35.4 Å². The first-order valence-electron chi connectivity index (χ1n) is 11.9. The number of nitrogens with zero attached hydrogens (tertiary/aromatic N) is 3. The molecule has 4 aromatic rings. The third-order valence-corrected chi connectivity index (χ3v) is 7.43. The van der Waals surface area contributed by atoms with Crippen molar-refractivity contribution in [2.45, 2.75) is 18.0 Å². The van der Waals surface area contributed by atoms with Gasteiger partial charge in [-0.1, -0.05) is 30.3 Å². The quantitative estimate of drug-likeness (QED) is 0.469. The van der Waals surface area contributed by atoms with Crippen LogP contribution in [0.5, 0.6) is 5.75 Å². The molecule has 2 aliphatic heterocycles. The molecule has 6 rings (SSSR count). The molecule has 7 nitrogen and oxygen atoms in total. The van der Waals surface area contributed by atoms with E-state index in [0.29, 0.717) is 18.7 Å². The number of ether oxygens (including phenoxy) is 1. The van der Waals surface area contributed by atoms with Crippen molar-refractivity contribution >= 4 is 16.8 Å². The van der Waals surface area contributed by atoms with E-state index in [1.54, 1.807) is 25.6 Å². The molecule has 1 spiro atoms. The molecule has 0 radical (unpaired) electrons. The molecule has 0 aliphatic carbocycles. The summed E-state index contributed by atoms with van der Waals surface area (Å²) in [5.41, 5.74) is 4.83. The van der Waals surface area contributed by atoms with Crippen LogP contribution in [0.2, 0.25) is 0 Å². The largest absolute Gasteiger partial charge is 0.497 e. The molecule has 2 aromatic carbocycles. The number of aromatic amines is 1. The third kappa shape index (κ3) is 3.59. The number of aliphatic hydroxyl groups excluding tert-OH is 1. The number of nitrogens with one attached hydrogen (secondary N) is 1. The van der Waals surface area contributed by atoms with Gasteiger partial charge >= 0.3 is 0 Å². The van der Waals surface area contributed by atoms with Crippen LogP contribution in [0.4, 0.5) is 0 Å². The number of H-pyrrole nitrogens is 1. The van der Waals surface area contributed by atoms with E-state index in [4.69, 9.17) is 4.74 Å². The Morgan fingerprint density at radius 2 is 1.97 bits per heavy atom. The summed E-state index contributed by atoms with van der Waals surface area (Å²) in [6.07, 6.45) is 3.31. The van der Waals surface area contributed by atoms with Crippen LogP contribution >= 0.6 is 0 Å². The number of aliphatic hydroxyl groups is 1. The molecular formula is C28H28N4O3. The molecule has 1 saturated heterocycles. The van der Waals surface area contributed by atoms with Gasteiger partial charge in [0.15, 0.2) is 0 Å². The molecular weight excluding hydrogens is 440 g/mol. The summed E-state index contributed by atoms with van der Waals surface area (Å²) in [4.78, 5) is 25.1. The molecule has 0 bridgehead atoms. The zero-order chi connectivity index (χ0) is 24.0. The number of carbonyl (C=O) groups is 1. The predicted octanol–water partition coefficient (Wildman–Crippen LogP) is 3.51. The SMILES string of the molecule is COc1ccc2c3c([nH]c2c1)[C@@H](CO)N(Cc1ccccc1)CC31CN(C(=O)c2cccnc2)C1. The predicted molar refractivity (Wildman–Crippen MR) is 133 cm³/mol. The lowest BCUT2D eigenvalue weighted by molar-refractivity contribution is -0.00277. The monoisotopic (exact) mass is 468 g/mol. The number of hydrogen-bond acceptors (Lipinski definition) is 5. The minimum Gasteiger partial charge on any atom is -0.497 e. The highest BCUT2D eigenvalue weighted by Crippen LogP contribution is 2.49. The van der Waals surface area contributed by atoms with E-state index in [9.17, 15) is 9.90 Å². The fourth-order valence-corrected chi connectivity index (χ4v) is 5.86. The molecule has 7 heteroatoms. The normalized spacial score (nSPS) is 18.9. The minimum atomic E-state index is -0.222. The van der Waals surface area contributed by atoms with E-state index < -0.39 is 0 Å². The van der Waals surface area contributed by atoms with Crippen LogP contribution in [0.1, 0.15) is 33.2 Å². The van der Waals surface area contributed by atoms with Crippen molar-refractivity contribution in [1.29, 1.82) is 0 Å². The Balaban J connectivity index is 1.41. The van der Waals surface area contributed by atoms with E-state index in [1.807, 2.05) is 41.3 Å². The second-order valence-electron chi connectivity index (χ2n) is 9.60. The van der Waals surface area contributed by atoms with Crippen molar-refractivity contribution in [3.8, 4) is 5.75 Å². The highest BCUT2D eigenvalue weighted by molar-refractivity contribution is 5.95. The first-order valence-corrected chi connectivity index (χ1v) is 11.9. The van der Waals surface area contributed by atoms with Gasteiger partial charge in [0.05, 0.1) is 25.3 Å². The second-order valence-corrected chi connectivity index (χ2v) is 9.60. The van der Waals surface area contributed by atoms with Crippen LogP contribution < -0.4 is 4.74 Å². The van der Waals surface area contributed by atoms with Gasteiger partial charge < -0.3 is 19.7 Å². The Hall–Kier alpha value is -3.68. The highest BCUT2D eigenvalue weighted by atomic mass is 16.5. The maximum absolute atomic E-state index is 13.2. The van der Waals surface area contributed by atoms with Crippen LogP contribution in [-0.4, -0.2) is 64.1 Å². The van der Waals surface area contributed by atoms with E-state index in [2.05, 4.69) is 33.1 Å². The lowest BCUT2D eigenvalue weighted by Crippen LogP contribution is -2.67. The maximum Gasteiger partial charge on any atom is 0.255 e. The first-order chi connectivity index (χ1) is 17.1. The van der Waals surface area contributed by atoms with Gasteiger partial charge in [-0.05, 0) is 35.4 Å². The summed E-state index contributed by atoms with van der Waals surface area (Å²) in [5.74, 6) is 0.791. The van der Waals surface area contributed by atoms with Crippen molar-refractivity contribution in [2.24, 2.45) is 0 Å². The number of carbonyl (C=O) groups excluding carboxylic acids is 1. The Morgan fingerprint density at radius 3 is 2.69 bits per heavy atom. The third-order valence-electron chi connectivity index (χ3n) is 7.43. The van der Waals surface area contributed by atoms with Crippen molar-refractivity contribution in [1.82, 2.24) is 19.8 Å². The van der Waals surface area contributed by atoms with Crippen molar-refractivity contribution in [3.05, 3.63) is 95.4 Å². The van der Waals surface area contributed by atoms with Gasteiger partial charge in [0.1, 0.15) is 5.75 Å². The van der Waals surface area contributed by atoms with Crippen LogP contribution in [0.15, 0.2) is 73.1 Å². The molecule has 2 aliphatic rings. The van der Waals surface area contributed by atoms with Crippen LogP contribution in [0, 0.1) is 0 Å². The molecule has 1 fully saturated rings. The standard InChI is InChI=1S/C28H28N4O3/c1-35-21-9-10-22-23(12-21)30-26-24(15-33)31(14-19-6-3-2-4-7-19)16-28(25(22)26)17-32(18-28)27(34)20-8-5-11-29-13-20/h2-13,24,30,33H,14-18H2,1H3/t24-/m1/s1. The van der Waals surface area contributed by atoms with Crippen LogP contribution in [0.25, 0.3) is 10.9 Å². The zero-order valence-electron chi connectivity index (χ0n) is 19.6. The van der Waals surface area contributed by atoms with Crippen molar-refractivity contribution < 1.29 is 14.6 Å². The smallest absolute Gasteiger partial charge is 0.255 e. The number of fused-ring (bicyclic) bond motifs is 4. The minimum absolute atomic E-state index is 0.00526. The molecule has 35 heavy (non-hydrogen) atoms. The summed E-state index contributed by atoms with van der Waals surface area (Å²) in [6, 6.07) is 19.9. The molecule has 0 unspecified atom stereocenters. The molecule has 0 saturated carbocycles. The fourth-order valence-electron chi connectivity index (χ4n) is 5.86. The first kappa shape index (κ1) is 21.8. The average molecular weight is 469 g/mol. The molecule has 4 heterocycles. The topological polar surface area (TPSA) is 81.7 Å². The second kappa shape index (κ2) is 8.52. The van der Waals surface area contributed by atoms with E-state index in [-0.39, 0.29) is 24.0 Å². The van der Waals surface area contributed by atoms with E-state index in [1.165, 1.54) is 11.1 Å². The summed E-state index contributed by atoms with van der Waals surface area (Å²) < 4.78 is 5.46. The van der Waals surface area contributed by atoms with E-state index >= 15 is 0 Å². The fraction of sp³-hybridized carbons (Fsp3) is 0.286. The summed E-state index contributed by atoms with van der Waals surface area (Å²) in [7, 11) is 1.66. The Morgan fingerprint density at radius 1 is 1.14 bits per heavy atom. The molecule has 1 amide bonds. The van der Waals surface area contributed by atoms with Gasteiger partial charge in [-0.15, -0.1) is 0 Å². The molecule has 1 atom stereocenters. The number of hydrogen-bond donors (Lipinski definition) is 2. The van der Waals surface area contributed by atoms with Gasteiger partial charge in [0.2, 0.25) is 0 Å². The van der Waals surface area contributed by atoms with Crippen molar-refractivity contribution in [2.75, 3.05) is 33.4 Å². The van der Waals surface area contributed by atoms with Crippen LogP contribution in [-0.2, 0) is 12.0 Å².